The third-order valence-corrected chi connectivity index (χ3v) is 5.12. The van der Waals surface area contributed by atoms with E-state index in [0.29, 0.717) is 5.92 Å². The van der Waals surface area contributed by atoms with Gasteiger partial charge in [0.2, 0.25) is 0 Å². The van der Waals surface area contributed by atoms with Crippen LogP contribution < -0.4 is 10.5 Å². The molecular formula is C14H19N2O+. The lowest BCUT2D eigenvalue weighted by Gasteiger charge is -2.43. The predicted molar refractivity (Wildman–Crippen MR) is 65.3 cm³/mol. The number of nitrogens with zero attached hydrogens (tertiary/aromatic N) is 1. The molecule has 4 heterocycles. The number of fused-ring (bicyclic) bond motifs is 6. The predicted octanol–water partition coefficient (Wildman–Crippen LogP) is 0.0127. The summed E-state index contributed by atoms with van der Waals surface area (Å²) < 4.78 is 2.05. The van der Waals surface area contributed by atoms with E-state index in [-0.39, 0.29) is 5.56 Å². The van der Waals surface area contributed by atoms with E-state index < -0.39 is 0 Å². The van der Waals surface area contributed by atoms with E-state index in [0.717, 1.165) is 18.5 Å². The quantitative estimate of drug-likeness (QED) is 0.669. The first kappa shape index (κ1) is 9.89. The number of rotatable bonds is 0. The Bertz CT molecular complexity index is 507. The number of nitrogens with one attached hydrogen (secondary N) is 1. The summed E-state index contributed by atoms with van der Waals surface area (Å²) >= 11 is 0. The van der Waals surface area contributed by atoms with Gasteiger partial charge in [0, 0.05) is 43.0 Å². The molecule has 3 nitrogen and oxygen atoms in total. The molecule has 4 atom stereocenters. The van der Waals surface area contributed by atoms with Gasteiger partial charge < -0.3 is 9.47 Å². The monoisotopic (exact) mass is 231 g/mol. The van der Waals surface area contributed by atoms with E-state index in [1.165, 1.54) is 38.0 Å². The van der Waals surface area contributed by atoms with Crippen molar-refractivity contribution < 1.29 is 4.90 Å². The Kier molecular flexibility index (Phi) is 2.01. The molecule has 1 aromatic rings. The molecular weight excluding hydrogens is 212 g/mol. The Hall–Kier alpha value is -1.09. The van der Waals surface area contributed by atoms with Gasteiger partial charge in [0.05, 0.1) is 19.1 Å². The number of aromatic nitrogens is 1. The van der Waals surface area contributed by atoms with Crippen molar-refractivity contribution in [3.05, 3.63) is 34.2 Å². The first-order valence-electron chi connectivity index (χ1n) is 6.87. The van der Waals surface area contributed by atoms with Crippen LogP contribution in [0.25, 0.3) is 0 Å². The average molecular weight is 231 g/mol. The SMILES string of the molecule is O=c1cccc2n1CC1CC2C[NH+]2CCCC12. The summed E-state index contributed by atoms with van der Waals surface area (Å²) in [5, 5.41) is 0. The molecule has 2 fully saturated rings. The number of hydrogen-bond donors (Lipinski definition) is 1. The van der Waals surface area contributed by atoms with E-state index in [2.05, 4.69) is 6.07 Å². The Morgan fingerprint density at radius 3 is 3.24 bits per heavy atom. The van der Waals surface area contributed by atoms with Gasteiger partial charge in [-0.25, -0.2) is 0 Å². The minimum Gasteiger partial charge on any atom is -0.332 e. The number of hydrogen-bond acceptors (Lipinski definition) is 1. The number of quaternary nitrogens is 1. The Balaban J connectivity index is 1.81. The molecule has 3 heteroatoms. The molecule has 1 N–H and O–H groups in total. The van der Waals surface area contributed by atoms with Crippen molar-refractivity contribution in [1.29, 1.82) is 0 Å². The zero-order chi connectivity index (χ0) is 11.4. The third kappa shape index (κ3) is 1.35. The standard InChI is InChI=1S/C14H18N2O/c17-14-5-1-3-13-10-7-11(9-16(13)14)12-4-2-6-15(12)8-10/h1,3,5,10-12H,2,4,6-9H2/p+1. The van der Waals surface area contributed by atoms with Gasteiger partial charge >= 0.3 is 0 Å². The zero-order valence-electron chi connectivity index (χ0n) is 10.1. The molecule has 4 rings (SSSR count). The van der Waals surface area contributed by atoms with E-state index >= 15 is 0 Å². The molecule has 0 radical (unpaired) electrons. The maximum absolute atomic E-state index is 11.9. The highest BCUT2D eigenvalue weighted by Gasteiger charge is 2.45. The fourth-order valence-electron chi connectivity index (χ4n) is 4.44. The summed E-state index contributed by atoms with van der Waals surface area (Å²) in [7, 11) is 0. The zero-order valence-corrected chi connectivity index (χ0v) is 10.1. The molecule has 4 unspecified atom stereocenters. The maximum atomic E-state index is 11.9. The van der Waals surface area contributed by atoms with E-state index in [4.69, 9.17) is 0 Å². The molecule has 1 aromatic heterocycles. The second-order valence-electron chi connectivity index (χ2n) is 5.95. The van der Waals surface area contributed by atoms with Crippen molar-refractivity contribution in [3.63, 3.8) is 0 Å². The fourth-order valence-corrected chi connectivity index (χ4v) is 4.44. The summed E-state index contributed by atoms with van der Waals surface area (Å²) in [6, 6.07) is 6.65. The maximum Gasteiger partial charge on any atom is 0.250 e. The lowest BCUT2D eigenvalue weighted by molar-refractivity contribution is -0.924. The second-order valence-corrected chi connectivity index (χ2v) is 5.95. The first-order chi connectivity index (χ1) is 8.33. The molecule has 2 saturated heterocycles. The van der Waals surface area contributed by atoms with Crippen molar-refractivity contribution in [2.24, 2.45) is 5.92 Å². The van der Waals surface area contributed by atoms with Crippen LogP contribution in [0, 0.1) is 5.92 Å². The van der Waals surface area contributed by atoms with Crippen molar-refractivity contribution >= 4 is 0 Å². The van der Waals surface area contributed by atoms with Crippen molar-refractivity contribution in [3.8, 4) is 0 Å². The fraction of sp³-hybridized carbons (Fsp3) is 0.643. The topological polar surface area (TPSA) is 26.4 Å². The molecule has 3 aliphatic rings. The third-order valence-electron chi connectivity index (χ3n) is 5.12. The van der Waals surface area contributed by atoms with Gasteiger partial charge in [0.1, 0.15) is 0 Å². The van der Waals surface area contributed by atoms with Crippen LogP contribution in [0.4, 0.5) is 0 Å². The van der Waals surface area contributed by atoms with Gasteiger partial charge in [-0.3, -0.25) is 4.79 Å². The molecule has 0 aromatic carbocycles. The van der Waals surface area contributed by atoms with Crippen molar-refractivity contribution in [1.82, 2.24) is 4.57 Å². The van der Waals surface area contributed by atoms with Crippen LogP contribution >= 0.6 is 0 Å². The molecule has 17 heavy (non-hydrogen) atoms. The summed E-state index contributed by atoms with van der Waals surface area (Å²) in [6.45, 7) is 3.58. The lowest BCUT2D eigenvalue weighted by atomic mass is 9.78. The van der Waals surface area contributed by atoms with Crippen LogP contribution in [-0.2, 0) is 6.54 Å². The van der Waals surface area contributed by atoms with Crippen LogP contribution in [0.15, 0.2) is 23.0 Å². The summed E-state index contributed by atoms with van der Waals surface area (Å²) in [5.74, 6) is 1.38. The molecule has 0 saturated carbocycles. The van der Waals surface area contributed by atoms with Gasteiger partial charge in [-0.15, -0.1) is 0 Å². The van der Waals surface area contributed by atoms with Crippen LogP contribution in [-0.4, -0.2) is 23.7 Å². The van der Waals surface area contributed by atoms with Crippen molar-refractivity contribution in [2.75, 3.05) is 13.1 Å². The number of piperidine rings is 1. The summed E-state index contributed by atoms with van der Waals surface area (Å²) in [5.41, 5.74) is 1.50. The largest absolute Gasteiger partial charge is 0.332 e. The van der Waals surface area contributed by atoms with E-state index in [1.807, 2.05) is 15.5 Å². The summed E-state index contributed by atoms with van der Waals surface area (Å²) in [6.07, 6.45) is 4.08. The number of pyridine rings is 1. The van der Waals surface area contributed by atoms with Crippen molar-refractivity contribution in [2.45, 2.75) is 37.8 Å². The average Bonchev–Trinajstić information content (AvgIpc) is 2.79. The Morgan fingerprint density at radius 1 is 1.35 bits per heavy atom. The van der Waals surface area contributed by atoms with Gasteiger partial charge in [-0.2, -0.15) is 0 Å². The van der Waals surface area contributed by atoms with Gasteiger partial charge in [-0.05, 0) is 12.5 Å². The van der Waals surface area contributed by atoms with Crippen LogP contribution in [0.2, 0.25) is 0 Å². The normalized spacial score (nSPS) is 38.6. The highest BCUT2D eigenvalue weighted by atomic mass is 16.1. The van der Waals surface area contributed by atoms with Crippen LogP contribution in [0.3, 0.4) is 0 Å². The second kappa shape index (κ2) is 3.45. The molecule has 3 aliphatic heterocycles. The smallest absolute Gasteiger partial charge is 0.250 e. The van der Waals surface area contributed by atoms with Crippen LogP contribution in [0.1, 0.15) is 30.9 Å². The molecule has 0 spiro atoms. The Morgan fingerprint density at radius 2 is 2.29 bits per heavy atom. The minimum absolute atomic E-state index is 0.207. The first-order valence-corrected chi connectivity index (χ1v) is 6.87. The van der Waals surface area contributed by atoms with Crippen LogP contribution in [0.5, 0.6) is 0 Å². The van der Waals surface area contributed by atoms with E-state index in [9.17, 15) is 4.79 Å². The molecule has 0 aliphatic carbocycles. The van der Waals surface area contributed by atoms with Gasteiger partial charge in [0.15, 0.2) is 0 Å². The molecule has 90 valence electrons. The highest BCUT2D eigenvalue weighted by molar-refractivity contribution is 5.16. The summed E-state index contributed by atoms with van der Waals surface area (Å²) in [4.78, 5) is 13.8. The molecule has 2 bridgehead atoms. The Labute approximate surface area is 101 Å². The highest BCUT2D eigenvalue weighted by Crippen LogP contribution is 2.34. The lowest BCUT2D eigenvalue weighted by Crippen LogP contribution is -3.16. The van der Waals surface area contributed by atoms with Gasteiger partial charge in [-0.1, -0.05) is 6.07 Å². The minimum atomic E-state index is 0.207. The molecule has 0 amide bonds. The van der Waals surface area contributed by atoms with Gasteiger partial charge in [0.25, 0.3) is 5.56 Å². The van der Waals surface area contributed by atoms with E-state index in [1.54, 1.807) is 6.07 Å².